The van der Waals surface area contributed by atoms with Crippen LogP contribution in [-0.2, 0) is 8.85 Å². The molecule has 0 aliphatic carbocycles. The monoisotopic (exact) mass is 357 g/mol. The molecule has 0 heterocycles. The third kappa shape index (κ3) is 4.72. The highest BCUT2D eigenvalue weighted by molar-refractivity contribution is 6.68. The van der Waals surface area contributed by atoms with Gasteiger partial charge in [-0.25, -0.2) is 0 Å². The van der Waals surface area contributed by atoms with Gasteiger partial charge >= 0.3 is 8.56 Å². The molecule has 0 aliphatic heterocycles. The Kier molecular flexibility index (Phi) is 7.23. The van der Waals surface area contributed by atoms with Gasteiger partial charge < -0.3 is 13.8 Å². The number of hydrogen-bond donors (Lipinski definition) is 0. The second-order valence-electron chi connectivity index (χ2n) is 6.61. The number of benzene rings is 2. The maximum absolute atomic E-state index is 6.29. The second-order valence-corrected chi connectivity index (χ2v) is 9.81. The standard InChI is InChI=1S/C21H31NO2Si/c1-6-23-25(5,24-7-2)21(18(3)4)22(19-14-10-8-11-15-19)20-16-12-9-13-17-20/h8-18,21H,6-7H2,1-5H3. The fraction of sp³-hybridized carbons (Fsp3) is 0.429. The molecule has 3 nitrogen and oxygen atoms in total. The van der Waals surface area contributed by atoms with E-state index in [4.69, 9.17) is 8.85 Å². The van der Waals surface area contributed by atoms with E-state index >= 15 is 0 Å². The van der Waals surface area contributed by atoms with E-state index in [9.17, 15) is 0 Å². The Balaban J connectivity index is 2.58. The molecular formula is C21H31NO2Si. The minimum Gasteiger partial charge on any atom is -0.393 e. The van der Waals surface area contributed by atoms with E-state index in [1.807, 2.05) is 0 Å². The van der Waals surface area contributed by atoms with Gasteiger partial charge in [-0.3, -0.25) is 0 Å². The molecule has 2 rings (SSSR count). The molecular weight excluding hydrogens is 326 g/mol. The molecule has 0 aliphatic rings. The smallest absolute Gasteiger partial charge is 0.358 e. The van der Waals surface area contributed by atoms with Crippen LogP contribution in [0.3, 0.4) is 0 Å². The Morgan fingerprint density at radius 2 is 1.20 bits per heavy atom. The van der Waals surface area contributed by atoms with Crippen molar-refractivity contribution in [3.63, 3.8) is 0 Å². The molecule has 0 amide bonds. The molecule has 0 saturated carbocycles. The van der Waals surface area contributed by atoms with Gasteiger partial charge in [0.05, 0.1) is 5.67 Å². The van der Waals surface area contributed by atoms with E-state index in [-0.39, 0.29) is 5.67 Å². The lowest BCUT2D eigenvalue weighted by molar-refractivity contribution is 0.173. The zero-order valence-corrected chi connectivity index (χ0v) is 17.1. The van der Waals surface area contributed by atoms with Crippen molar-refractivity contribution in [1.29, 1.82) is 0 Å². The summed E-state index contributed by atoms with van der Waals surface area (Å²) in [5, 5.41) is 0. The quantitative estimate of drug-likeness (QED) is 0.550. The summed E-state index contributed by atoms with van der Waals surface area (Å²) in [7, 11) is -2.44. The van der Waals surface area contributed by atoms with Crippen molar-refractivity contribution in [2.45, 2.75) is 39.9 Å². The number of rotatable bonds is 9. The van der Waals surface area contributed by atoms with Crippen LogP contribution in [0.4, 0.5) is 11.4 Å². The molecule has 2 aromatic carbocycles. The van der Waals surface area contributed by atoms with Crippen molar-refractivity contribution in [2.75, 3.05) is 18.1 Å². The first kappa shape index (κ1) is 19.7. The van der Waals surface area contributed by atoms with E-state index in [1.54, 1.807) is 0 Å². The summed E-state index contributed by atoms with van der Waals surface area (Å²) in [6.07, 6.45) is 0. The van der Waals surface area contributed by atoms with E-state index in [1.165, 1.54) is 11.4 Å². The van der Waals surface area contributed by atoms with Crippen LogP contribution in [0.5, 0.6) is 0 Å². The molecule has 0 aromatic heterocycles. The van der Waals surface area contributed by atoms with Crippen molar-refractivity contribution in [3.05, 3.63) is 60.7 Å². The highest BCUT2D eigenvalue weighted by Crippen LogP contribution is 2.35. The first-order valence-electron chi connectivity index (χ1n) is 9.20. The maximum atomic E-state index is 6.29. The largest absolute Gasteiger partial charge is 0.393 e. The third-order valence-corrected chi connectivity index (χ3v) is 8.10. The van der Waals surface area contributed by atoms with Crippen LogP contribution in [0.25, 0.3) is 0 Å². The van der Waals surface area contributed by atoms with Crippen LogP contribution in [0, 0.1) is 5.92 Å². The Morgan fingerprint density at radius 3 is 1.52 bits per heavy atom. The van der Waals surface area contributed by atoms with E-state index in [0.717, 1.165) is 0 Å². The first-order chi connectivity index (χ1) is 12.0. The summed E-state index contributed by atoms with van der Waals surface area (Å²) in [4.78, 5) is 2.40. The van der Waals surface area contributed by atoms with Gasteiger partial charge in [-0.1, -0.05) is 50.2 Å². The minimum absolute atomic E-state index is 0.164. The molecule has 0 fully saturated rings. The van der Waals surface area contributed by atoms with E-state index in [0.29, 0.717) is 19.1 Å². The van der Waals surface area contributed by atoms with Gasteiger partial charge in [-0.2, -0.15) is 0 Å². The topological polar surface area (TPSA) is 21.7 Å². The van der Waals surface area contributed by atoms with Crippen LogP contribution in [0.15, 0.2) is 60.7 Å². The Labute approximate surface area is 153 Å². The Bertz CT molecular complexity index is 573. The molecule has 0 bridgehead atoms. The van der Waals surface area contributed by atoms with Gasteiger partial charge in [-0.15, -0.1) is 0 Å². The van der Waals surface area contributed by atoms with Crippen LogP contribution >= 0.6 is 0 Å². The SMILES string of the molecule is CCO[Si](C)(OCC)C(C(C)C)N(c1ccccc1)c1ccccc1. The molecule has 0 N–H and O–H groups in total. The summed E-state index contributed by atoms with van der Waals surface area (Å²) in [6.45, 7) is 12.2. The van der Waals surface area contributed by atoms with Crippen LogP contribution in [0.1, 0.15) is 27.7 Å². The molecule has 0 saturated heterocycles. The summed E-state index contributed by atoms with van der Waals surface area (Å²) in [6, 6.07) is 21.1. The normalized spacial score (nSPS) is 13.0. The van der Waals surface area contributed by atoms with Crippen molar-refractivity contribution in [2.24, 2.45) is 5.92 Å². The summed E-state index contributed by atoms with van der Waals surface area (Å²) in [5.74, 6) is 0.384. The zero-order valence-electron chi connectivity index (χ0n) is 16.1. The average molecular weight is 358 g/mol. The maximum Gasteiger partial charge on any atom is 0.358 e. The van der Waals surface area contributed by atoms with Crippen LogP contribution in [-0.4, -0.2) is 27.4 Å². The molecule has 2 aromatic rings. The summed E-state index contributed by atoms with van der Waals surface area (Å²) >= 11 is 0. The van der Waals surface area contributed by atoms with Gasteiger partial charge in [0.1, 0.15) is 0 Å². The summed E-state index contributed by atoms with van der Waals surface area (Å²) in [5.41, 5.74) is 2.51. The predicted octanol–water partition coefficient (Wildman–Crippen LogP) is 5.53. The lowest BCUT2D eigenvalue weighted by Crippen LogP contribution is -2.60. The number of anilines is 2. The second kappa shape index (κ2) is 9.18. The Morgan fingerprint density at radius 1 is 0.800 bits per heavy atom. The number of para-hydroxylation sites is 2. The highest BCUT2D eigenvalue weighted by atomic mass is 28.4. The minimum atomic E-state index is -2.44. The third-order valence-electron chi connectivity index (χ3n) is 4.38. The number of hydrogen-bond acceptors (Lipinski definition) is 3. The van der Waals surface area contributed by atoms with Gasteiger partial charge in [0.25, 0.3) is 0 Å². The molecule has 0 radical (unpaired) electrons. The van der Waals surface area contributed by atoms with Gasteiger partial charge in [0.2, 0.25) is 0 Å². The fourth-order valence-corrected chi connectivity index (χ4v) is 7.12. The molecule has 0 spiro atoms. The lowest BCUT2D eigenvalue weighted by Gasteiger charge is -2.44. The van der Waals surface area contributed by atoms with Crippen molar-refractivity contribution < 1.29 is 8.85 Å². The molecule has 4 heteroatoms. The van der Waals surface area contributed by atoms with Gasteiger partial charge in [0.15, 0.2) is 0 Å². The fourth-order valence-electron chi connectivity index (χ4n) is 3.57. The van der Waals surface area contributed by atoms with Crippen molar-refractivity contribution in [3.8, 4) is 0 Å². The van der Waals surface area contributed by atoms with E-state index in [2.05, 4.69) is 99.8 Å². The highest BCUT2D eigenvalue weighted by Gasteiger charge is 2.46. The predicted molar refractivity (Wildman–Crippen MR) is 109 cm³/mol. The van der Waals surface area contributed by atoms with Crippen LogP contribution in [0.2, 0.25) is 6.55 Å². The molecule has 136 valence electrons. The Hall–Kier alpha value is -1.62. The number of nitrogens with zero attached hydrogens (tertiary/aromatic N) is 1. The average Bonchev–Trinajstić information content (AvgIpc) is 2.61. The van der Waals surface area contributed by atoms with Gasteiger partial charge in [-0.05, 0) is 50.6 Å². The van der Waals surface area contributed by atoms with E-state index < -0.39 is 8.56 Å². The first-order valence-corrected chi connectivity index (χ1v) is 11.6. The zero-order chi connectivity index (χ0) is 18.3. The van der Waals surface area contributed by atoms with Gasteiger partial charge in [0, 0.05) is 24.6 Å². The van der Waals surface area contributed by atoms with Crippen molar-refractivity contribution in [1.82, 2.24) is 0 Å². The molecule has 1 atom stereocenters. The lowest BCUT2D eigenvalue weighted by atomic mass is 10.1. The summed E-state index contributed by atoms with van der Waals surface area (Å²) < 4.78 is 12.6. The molecule has 1 unspecified atom stereocenters. The molecule has 25 heavy (non-hydrogen) atoms. The van der Waals surface area contributed by atoms with Crippen molar-refractivity contribution >= 4 is 19.9 Å². The van der Waals surface area contributed by atoms with Crippen LogP contribution < -0.4 is 4.90 Å².